The van der Waals surface area contributed by atoms with Crippen molar-refractivity contribution in [2.75, 3.05) is 18.4 Å². The molecule has 0 aromatic heterocycles. The minimum Gasteiger partial charge on any atom is -0.423 e. The van der Waals surface area contributed by atoms with Crippen molar-refractivity contribution in [3.63, 3.8) is 0 Å². The Morgan fingerprint density at radius 2 is 2.21 bits per heavy atom. The Labute approximate surface area is 156 Å². The first kappa shape index (κ1) is 18.4. The summed E-state index contributed by atoms with van der Waals surface area (Å²) in [5.74, 6) is 0. The lowest BCUT2D eigenvalue weighted by molar-refractivity contribution is 0.00776. The second-order valence-electron chi connectivity index (χ2n) is 6.06. The Bertz CT molecular complexity index is 627. The number of likely N-dealkylation sites (tertiary alicyclic amines) is 1. The smallest absolute Gasteiger partial charge is 0.423 e. The lowest BCUT2D eigenvalue weighted by Gasteiger charge is -2.33. The highest BCUT2D eigenvalue weighted by molar-refractivity contribution is 8.23. The van der Waals surface area contributed by atoms with E-state index >= 15 is 0 Å². The molecule has 0 aliphatic carbocycles. The van der Waals surface area contributed by atoms with Crippen molar-refractivity contribution in [3.05, 3.63) is 22.7 Å². The number of thioether (sulfide) groups is 1. The molecule has 2 aliphatic heterocycles. The minimum absolute atomic E-state index is 0.373. The molecule has 9 heteroatoms. The number of hydrogen-bond donors (Lipinski definition) is 3. The highest BCUT2D eigenvalue weighted by Crippen LogP contribution is 2.29. The van der Waals surface area contributed by atoms with Gasteiger partial charge >= 0.3 is 7.12 Å². The van der Waals surface area contributed by atoms with Crippen molar-refractivity contribution < 1.29 is 14.8 Å². The molecule has 2 aliphatic rings. The van der Waals surface area contributed by atoms with Gasteiger partial charge in [-0.25, -0.2) is 0 Å². The van der Waals surface area contributed by atoms with Crippen LogP contribution in [0.3, 0.4) is 0 Å². The van der Waals surface area contributed by atoms with Crippen LogP contribution in [0.1, 0.15) is 25.3 Å². The van der Waals surface area contributed by atoms with E-state index in [0.717, 1.165) is 31.5 Å². The fraction of sp³-hybridized carbons (Fsp3) is 0.533. The third-order valence-corrected chi connectivity index (χ3v) is 6.35. The molecule has 0 saturated carbocycles. The largest absolute Gasteiger partial charge is 0.493 e. The molecule has 0 radical (unpaired) electrons. The number of rotatable bonds is 3. The number of aliphatic hydroxyl groups excluding tert-OH is 1. The van der Waals surface area contributed by atoms with Crippen LogP contribution in [0.15, 0.2) is 12.1 Å². The Balaban J connectivity index is 1.57. The first-order chi connectivity index (χ1) is 11.5. The summed E-state index contributed by atoms with van der Waals surface area (Å²) in [7, 11) is -0.972. The lowest BCUT2D eigenvalue weighted by atomic mass is 9.79. The van der Waals surface area contributed by atoms with Gasteiger partial charge in [-0.3, -0.25) is 4.90 Å². The third kappa shape index (κ3) is 4.07. The van der Waals surface area contributed by atoms with Crippen LogP contribution in [-0.4, -0.2) is 51.0 Å². The first-order valence-corrected chi connectivity index (χ1v) is 9.63. The van der Waals surface area contributed by atoms with E-state index in [1.807, 2.05) is 12.1 Å². The van der Waals surface area contributed by atoms with E-state index < -0.39 is 7.12 Å². The van der Waals surface area contributed by atoms with Crippen LogP contribution >= 0.6 is 35.6 Å². The topological polar surface area (TPSA) is 65.0 Å². The molecule has 1 atom stereocenters. The maximum atomic E-state index is 9.85. The van der Waals surface area contributed by atoms with Crippen molar-refractivity contribution in [1.82, 2.24) is 4.90 Å². The number of piperidine rings is 1. The fourth-order valence-corrected chi connectivity index (χ4v) is 4.79. The second kappa shape index (κ2) is 7.91. The fourth-order valence-electron chi connectivity index (χ4n) is 3.03. The molecule has 1 saturated heterocycles. The number of halogens is 1. The third-order valence-electron chi connectivity index (χ3n) is 4.43. The van der Waals surface area contributed by atoms with Crippen LogP contribution in [0.25, 0.3) is 0 Å². The number of hydrogen-bond acceptors (Lipinski definition) is 6. The minimum atomic E-state index is -0.972. The van der Waals surface area contributed by atoms with E-state index in [-0.39, 0.29) is 6.23 Å². The molecule has 0 bridgehead atoms. The summed E-state index contributed by atoms with van der Waals surface area (Å²) < 4.78 is 5.86. The summed E-state index contributed by atoms with van der Waals surface area (Å²) in [5.41, 5.74) is 2.22. The van der Waals surface area contributed by atoms with E-state index in [1.165, 1.54) is 0 Å². The van der Waals surface area contributed by atoms with Gasteiger partial charge in [0.25, 0.3) is 0 Å². The van der Waals surface area contributed by atoms with E-state index in [4.69, 9.17) is 28.5 Å². The molecule has 130 valence electrons. The summed E-state index contributed by atoms with van der Waals surface area (Å²) >= 11 is 13.5. The summed E-state index contributed by atoms with van der Waals surface area (Å²) in [6, 6.07) is 3.76. The van der Waals surface area contributed by atoms with Crippen LogP contribution in [0.5, 0.6) is 0 Å². The number of benzene rings is 1. The van der Waals surface area contributed by atoms with Gasteiger partial charge in [0.05, 0.1) is 17.3 Å². The highest BCUT2D eigenvalue weighted by atomic mass is 35.5. The Kier molecular flexibility index (Phi) is 6.08. The van der Waals surface area contributed by atoms with Gasteiger partial charge in [-0.05, 0) is 31.4 Å². The molecule has 5 nitrogen and oxygen atoms in total. The van der Waals surface area contributed by atoms with Crippen molar-refractivity contribution in [3.8, 4) is 0 Å². The molecule has 24 heavy (non-hydrogen) atoms. The number of fused-ring (bicyclic) bond motifs is 1. The van der Waals surface area contributed by atoms with Gasteiger partial charge < -0.3 is 20.1 Å². The van der Waals surface area contributed by atoms with E-state index in [2.05, 4.69) is 10.2 Å². The number of nitrogens with zero attached hydrogens (tertiary/aromatic N) is 1. The Morgan fingerprint density at radius 1 is 1.50 bits per heavy atom. The molecule has 3 rings (SSSR count). The Morgan fingerprint density at radius 3 is 2.88 bits per heavy atom. The van der Waals surface area contributed by atoms with Gasteiger partial charge in [-0.15, -0.1) is 0 Å². The van der Waals surface area contributed by atoms with Crippen LogP contribution < -0.4 is 10.8 Å². The van der Waals surface area contributed by atoms with E-state index in [9.17, 15) is 10.1 Å². The molecule has 0 amide bonds. The van der Waals surface area contributed by atoms with E-state index in [0.29, 0.717) is 32.4 Å². The van der Waals surface area contributed by atoms with Crippen LogP contribution in [0, 0.1) is 0 Å². The molecule has 1 fully saturated rings. The summed E-state index contributed by atoms with van der Waals surface area (Å²) in [5, 5.41) is 23.5. The van der Waals surface area contributed by atoms with Crippen LogP contribution in [-0.2, 0) is 11.3 Å². The molecule has 1 aromatic carbocycles. The first-order valence-electron chi connectivity index (χ1n) is 7.96. The van der Waals surface area contributed by atoms with Crippen molar-refractivity contribution in [2.24, 2.45) is 0 Å². The zero-order valence-corrected chi connectivity index (χ0v) is 15.8. The predicted molar refractivity (Wildman–Crippen MR) is 104 cm³/mol. The zero-order chi connectivity index (χ0) is 17.3. The molecular weight excluding hydrogens is 367 g/mol. The number of nitrogens with one attached hydrogen (secondary N) is 1. The van der Waals surface area contributed by atoms with Crippen LogP contribution in [0.4, 0.5) is 5.69 Å². The SMILES string of the molecule is CC(O)N1CCC(SC(=S)Nc2ccc3c(c2Cl)B(O)OC3)CC1. The normalized spacial score (nSPS) is 20.1. The zero-order valence-electron chi connectivity index (χ0n) is 13.4. The number of anilines is 1. The van der Waals surface area contributed by atoms with Crippen LogP contribution in [0.2, 0.25) is 5.02 Å². The van der Waals surface area contributed by atoms with Gasteiger partial charge in [0.2, 0.25) is 0 Å². The second-order valence-corrected chi connectivity index (χ2v) is 8.42. The standard InChI is InChI=1S/C15H20BClN2O3S2/c1-9(20)19-6-4-11(5-7-19)24-15(23)18-12-3-2-10-8-22-16(21)13(10)14(12)17/h2-3,9,11,20-21H,4-8H2,1H3,(H,18,23). The van der Waals surface area contributed by atoms with Gasteiger partial charge in [-0.1, -0.05) is 41.6 Å². The van der Waals surface area contributed by atoms with Gasteiger partial charge in [0, 0.05) is 23.8 Å². The van der Waals surface area contributed by atoms with Crippen molar-refractivity contribution >= 4 is 58.2 Å². The molecule has 1 aromatic rings. The average Bonchev–Trinajstić information content (AvgIpc) is 2.92. The molecule has 2 heterocycles. The van der Waals surface area contributed by atoms with Gasteiger partial charge in [0.1, 0.15) is 10.5 Å². The summed E-state index contributed by atoms with van der Waals surface area (Å²) in [4.78, 5) is 2.06. The average molecular weight is 387 g/mol. The Hall–Kier alpha value is -0.345. The monoisotopic (exact) mass is 386 g/mol. The highest BCUT2D eigenvalue weighted by Gasteiger charge is 2.31. The van der Waals surface area contributed by atoms with Gasteiger partial charge in [0.15, 0.2) is 0 Å². The number of aliphatic hydroxyl groups is 1. The molecular formula is C15H20BClN2O3S2. The predicted octanol–water partition coefficient (Wildman–Crippen LogP) is 1.79. The molecule has 3 N–H and O–H groups in total. The van der Waals surface area contributed by atoms with Crippen molar-refractivity contribution in [1.29, 1.82) is 0 Å². The maximum Gasteiger partial charge on any atom is 0.493 e. The number of thiocarbonyl (C=S) groups is 1. The maximum absolute atomic E-state index is 9.85. The quantitative estimate of drug-likeness (QED) is 0.540. The summed E-state index contributed by atoms with van der Waals surface area (Å²) in [6.07, 6.45) is 1.59. The molecule has 0 spiro atoms. The molecule has 1 unspecified atom stereocenters. The van der Waals surface area contributed by atoms with Gasteiger partial charge in [-0.2, -0.15) is 0 Å². The van der Waals surface area contributed by atoms with Crippen molar-refractivity contribution in [2.45, 2.75) is 37.9 Å². The summed E-state index contributed by atoms with van der Waals surface area (Å²) in [6.45, 7) is 3.92. The van der Waals surface area contributed by atoms with E-state index in [1.54, 1.807) is 18.7 Å². The lowest BCUT2D eigenvalue weighted by Crippen LogP contribution is -2.40.